The number of nitrogens with zero attached hydrogens (tertiary/aromatic N) is 1. The molecule has 1 amide bonds. The second-order valence-corrected chi connectivity index (χ2v) is 4.47. The number of imidazole rings is 1. The van der Waals surface area contributed by atoms with Crippen LogP contribution in [0.15, 0.2) is 36.7 Å². The first kappa shape index (κ1) is 15.1. The lowest BCUT2D eigenvalue weighted by molar-refractivity contribution is -0.137. The maximum atomic E-state index is 12.4. The number of carbonyl (C=O) groups is 1. The molecule has 1 heterocycles. The third-order valence-electron chi connectivity index (χ3n) is 2.91. The van der Waals surface area contributed by atoms with Crippen molar-refractivity contribution < 1.29 is 18.0 Å². The van der Waals surface area contributed by atoms with Gasteiger partial charge in [0, 0.05) is 30.9 Å². The predicted molar refractivity (Wildman–Crippen MR) is 70.7 cm³/mol. The molecule has 7 heteroatoms. The Kier molecular flexibility index (Phi) is 4.62. The van der Waals surface area contributed by atoms with E-state index < -0.39 is 11.7 Å². The van der Waals surface area contributed by atoms with Gasteiger partial charge in [0.1, 0.15) is 5.82 Å². The van der Waals surface area contributed by atoms with E-state index in [0.717, 1.165) is 18.0 Å². The third-order valence-corrected chi connectivity index (χ3v) is 2.91. The third kappa shape index (κ3) is 4.34. The number of rotatable bonds is 5. The van der Waals surface area contributed by atoms with Crippen LogP contribution in [0.5, 0.6) is 0 Å². The standard InChI is InChI=1S/C14H14F3N3O/c15-14(16,17)11-5-3-10(4-6-11)13(21)20-7-1-2-12-18-8-9-19-12/h3-6,8-9H,1-2,7H2,(H,18,19)(H,20,21). The van der Waals surface area contributed by atoms with Crippen molar-refractivity contribution in [2.75, 3.05) is 6.54 Å². The number of hydrogen-bond acceptors (Lipinski definition) is 2. The summed E-state index contributed by atoms with van der Waals surface area (Å²) in [4.78, 5) is 18.7. The second-order valence-electron chi connectivity index (χ2n) is 4.47. The van der Waals surface area contributed by atoms with E-state index in [1.54, 1.807) is 12.4 Å². The van der Waals surface area contributed by atoms with Crippen molar-refractivity contribution in [1.29, 1.82) is 0 Å². The molecule has 0 aliphatic carbocycles. The van der Waals surface area contributed by atoms with Gasteiger partial charge in [-0.05, 0) is 30.7 Å². The van der Waals surface area contributed by atoms with Crippen LogP contribution in [0, 0.1) is 0 Å². The molecule has 0 bridgehead atoms. The molecule has 0 saturated carbocycles. The summed E-state index contributed by atoms with van der Waals surface area (Å²) in [6.45, 7) is 0.431. The first-order valence-corrected chi connectivity index (χ1v) is 6.40. The molecule has 2 rings (SSSR count). The van der Waals surface area contributed by atoms with E-state index in [2.05, 4.69) is 15.3 Å². The summed E-state index contributed by atoms with van der Waals surface area (Å²) in [7, 11) is 0. The fraction of sp³-hybridized carbons (Fsp3) is 0.286. The molecule has 1 aromatic heterocycles. The van der Waals surface area contributed by atoms with Crippen LogP contribution < -0.4 is 5.32 Å². The Labute approximate surface area is 119 Å². The molecule has 0 fully saturated rings. The molecule has 0 atom stereocenters. The van der Waals surface area contributed by atoms with Crippen LogP contribution in [-0.2, 0) is 12.6 Å². The Bertz CT molecular complexity index is 577. The number of carbonyl (C=O) groups excluding carboxylic acids is 1. The van der Waals surface area contributed by atoms with Gasteiger partial charge < -0.3 is 10.3 Å². The molecular weight excluding hydrogens is 283 g/mol. The van der Waals surface area contributed by atoms with Gasteiger partial charge in [-0.2, -0.15) is 13.2 Å². The summed E-state index contributed by atoms with van der Waals surface area (Å²) < 4.78 is 37.2. The molecule has 2 N–H and O–H groups in total. The highest BCUT2D eigenvalue weighted by atomic mass is 19.4. The highest BCUT2D eigenvalue weighted by molar-refractivity contribution is 5.94. The smallest absolute Gasteiger partial charge is 0.352 e. The Morgan fingerprint density at radius 1 is 1.24 bits per heavy atom. The highest BCUT2D eigenvalue weighted by Gasteiger charge is 2.30. The normalized spacial score (nSPS) is 11.4. The number of amides is 1. The van der Waals surface area contributed by atoms with E-state index >= 15 is 0 Å². The number of benzene rings is 1. The Balaban J connectivity index is 1.80. The lowest BCUT2D eigenvalue weighted by Crippen LogP contribution is -2.25. The molecule has 0 unspecified atom stereocenters. The Morgan fingerprint density at radius 2 is 1.95 bits per heavy atom. The number of nitrogens with one attached hydrogen (secondary N) is 2. The first-order valence-electron chi connectivity index (χ1n) is 6.40. The molecule has 0 saturated heterocycles. The van der Waals surface area contributed by atoms with E-state index in [1.807, 2.05) is 0 Å². The molecule has 4 nitrogen and oxygen atoms in total. The number of alkyl halides is 3. The minimum atomic E-state index is -4.39. The maximum absolute atomic E-state index is 12.4. The van der Waals surface area contributed by atoms with Gasteiger partial charge >= 0.3 is 6.18 Å². The molecule has 0 aliphatic heterocycles. The van der Waals surface area contributed by atoms with Crippen LogP contribution in [0.1, 0.15) is 28.2 Å². The molecule has 1 aromatic carbocycles. The molecular formula is C14H14F3N3O. The van der Waals surface area contributed by atoms with E-state index in [1.165, 1.54) is 12.1 Å². The zero-order chi connectivity index (χ0) is 15.3. The number of aryl methyl sites for hydroxylation is 1. The Hall–Kier alpha value is -2.31. The van der Waals surface area contributed by atoms with Crippen LogP contribution in [0.25, 0.3) is 0 Å². The van der Waals surface area contributed by atoms with Crippen LogP contribution >= 0.6 is 0 Å². The van der Waals surface area contributed by atoms with Gasteiger partial charge in [0.2, 0.25) is 0 Å². The fourth-order valence-electron chi connectivity index (χ4n) is 1.81. The monoisotopic (exact) mass is 297 g/mol. The average molecular weight is 297 g/mol. The minimum Gasteiger partial charge on any atom is -0.352 e. The van der Waals surface area contributed by atoms with Crippen molar-refractivity contribution in [2.24, 2.45) is 0 Å². The first-order chi connectivity index (χ1) is 9.97. The van der Waals surface area contributed by atoms with Gasteiger partial charge in [0.05, 0.1) is 5.56 Å². The summed E-state index contributed by atoms with van der Waals surface area (Å²) >= 11 is 0. The molecule has 0 aliphatic rings. The Morgan fingerprint density at radius 3 is 2.52 bits per heavy atom. The molecule has 112 valence electrons. The summed E-state index contributed by atoms with van der Waals surface area (Å²) in [6.07, 6.45) is 0.366. The number of H-pyrrole nitrogens is 1. The van der Waals surface area contributed by atoms with Crippen molar-refractivity contribution in [1.82, 2.24) is 15.3 Å². The van der Waals surface area contributed by atoms with Gasteiger partial charge in [-0.25, -0.2) is 4.98 Å². The van der Waals surface area contributed by atoms with Gasteiger partial charge in [0.15, 0.2) is 0 Å². The molecule has 2 aromatic rings. The fourth-order valence-corrected chi connectivity index (χ4v) is 1.81. The lowest BCUT2D eigenvalue weighted by Gasteiger charge is -2.08. The quantitative estimate of drug-likeness (QED) is 0.834. The van der Waals surface area contributed by atoms with Gasteiger partial charge in [-0.3, -0.25) is 4.79 Å². The summed E-state index contributed by atoms with van der Waals surface area (Å²) in [6, 6.07) is 4.14. The second kappa shape index (κ2) is 6.43. The van der Waals surface area contributed by atoms with E-state index in [9.17, 15) is 18.0 Å². The van der Waals surface area contributed by atoms with E-state index in [4.69, 9.17) is 0 Å². The van der Waals surface area contributed by atoms with Gasteiger partial charge in [-0.15, -0.1) is 0 Å². The largest absolute Gasteiger partial charge is 0.416 e. The number of halogens is 3. The summed E-state index contributed by atoms with van der Waals surface area (Å²) in [5.41, 5.74) is -0.558. The average Bonchev–Trinajstić information content (AvgIpc) is 2.96. The van der Waals surface area contributed by atoms with Crippen molar-refractivity contribution >= 4 is 5.91 Å². The number of aromatic amines is 1. The van der Waals surface area contributed by atoms with Crippen LogP contribution in [0.2, 0.25) is 0 Å². The summed E-state index contributed by atoms with van der Waals surface area (Å²) in [5, 5.41) is 2.66. The van der Waals surface area contributed by atoms with Crippen molar-refractivity contribution in [3.8, 4) is 0 Å². The van der Waals surface area contributed by atoms with Crippen molar-refractivity contribution in [2.45, 2.75) is 19.0 Å². The van der Waals surface area contributed by atoms with E-state index in [-0.39, 0.29) is 11.5 Å². The van der Waals surface area contributed by atoms with Crippen molar-refractivity contribution in [3.63, 3.8) is 0 Å². The topological polar surface area (TPSA) is 57.8 Å². The number of hydrogen-bond donors (Lipinski definition) is 2. The van der Waals surface area contributed by atoms with Gasteiger partial charge in [0.25, 0.3) is 5.91 Å². The minimum absolute atomic E-state index is 0.209. The highest BCUT2D eigenvalue weighted by Crippen LogP contribution is 2.28. The van der Waals surface area contributed by atoms with Gasteiger partial charge in [-0.1, -0.05) is 0 Å². The lowest BCUT2D eigenvalue weighted by atomic mass is 10.1. The molecule has 0 spiro atoms. The zero-order valence-corrected chi connectivity index (χ0v) is 11.1. The molecule has 21 heavy (non-hydrogen) atoms. The van der Waals surface area contributed by atoms with Crippen LogP contribution in [0.3, 0.4) is 0 Å². The van der Waals surface area contributed by atoms with Crippen LogP contribution in [-0.4, -0.2) is 22.4 Å². The molecule has 0 radical (unpaired) electrons. The zero-order valence-electron chi connectivity index (χ0n) is 11.1. The maximum Gasteiger partial charge on any atom is 0.416 e. The number of aromatic nitrogens is 2. The van der Waals surface area contributed by atoms with Crippen molar-refractivity contribution in [3.05, 3.63) is 53.6 Å². The predicted octanol–water partition coefficient (Wildman–Crippen LogP) is 2.79. The van der Waals surface area contributed by atoms with Crippen LogP contribution in [0.4, 0.5) is 13.2 Å². The SMILES string of the molecule is O=C(NCCCc1ncc[nH]1)c1ccc(C(F)(F)F)cc1. The summed E-state index contributed by atoms with van der Waals surface area (Å²) in [5.74, 6) is 0.446. The van der Waals surface area contributed by atoms with E-state index in [0.29, 0.717) is 19.4 Å².